The molecule has 0 aromatic carbocycles. The van der Waals surface area contributed by atoms with Gasteiger partial charge in [-0.3, -0.25) is 0 Å². The third-order valence-electron chi connectivity index (χ3n) is 2.17. The number of carbonyl (C=O) groups excluding carboxylic acids is 1. The lowest BCUT2D eigenvalue weighted by Crippen LogP contribution is -2.13. The maximum Gasteiger partial charge on any atom is 0.346 e. The molecule has 0 aromatic rings. The van der Waals surface area contributed by atoms with Crippen LogP contribution < -0.4 is 5.32 Å². The molecule has 1 rings (SSSR count). The van der Waals surface area contributed by atoms with Gasteiger partial charge in [0.2, 0.25) is 0 Å². The van der Waals surface area contributed by atoms with Gasteiger partial charge in [-0.05, 0) is 19.4 Å². The molecule has 14 heavy (non-hydrogen) atoms. The minimum Gasteiger partial charge on any atom is -0.462 e. The van der Waals surface area contributed by atoms with Gasteiger partial charge >= 0.3 is 5.97 Å². The van der Waals surface area contributed by atoms with Crippen LogP contribution in [-0.4, -0.2) is 25.7 Å². The smallest absolute Gasteiger partial charge is 0.346 e. The largest absolute Gasteiger partial charge is 0.462 e. The van der Waals surface area contributed by atoms with Crippen molar-refractivity contribution in [1.29, 1.82) is 0 Å². The first-order chi connectivity index (χ1) is 6.70. The Morgan fingerprint density at radius 1 is 1.64 bits per heavy atom. The van der Waals surface area contributed by atoms with Crippen molar-refractivity contribution in [3.63, 3.8) is 0 Å². The summed E-state index contributed by atoms with van der Waals surface area (Å²) in [6.07, 6.45) is 0. The molecule has 0 fully saturated rings. The molecular formula is C11H15NO2. The number of hydrogen-bond donors (Lipinski definition) is 1. The van der Waals surface area contributed by atoms with Gasteiger partial charge in [0.1, 0.15) is 5.57 Å². The molecule has 1 aliphatic rings. The van der Waals surface area contributed by atoms with Crippen LogP contribution in [0.4, 0.5) is 0 Å². The van der Waals surface area contributed by atoms with Crippen LogP contribution in [0.3, 0.4) is 0 Å². The van der Waals surface area contributed by atoms with E-state index in [1.807, 2.05) is 6.92 Å². The standard InChI is InChI=1S/C11H15NO2/c1-4-9(11(13)14-5-2)10-7-12-6-8(10)3/h12H,1,5-7H2,2-3H3. The fraction of sp³-hybridized carbons (Fsp3) is 0.455. The minimum atomic E-state index is -0.333. The van der Waals surface area contributed by atoms with Crippen molar-refractivity contribution in [2.75, 3.05) is 19.7 Å². The molecule has 0 radical (unpaired) electrons. The van der Waals surface area contributed by atoms with E-state index in [9.17, 15) is 4.79 Å². The van der Waals surface area contributed by atoms with Gasteiger partial charge < -0.3 is 10.1 Å². The lowest BCUT2D eigenvalue weighted by molar-refractivity contribution is -0.138. The summed E-state index contributed by atoms with van der Waals surface area (Å²) in [5, 5.41) is 3.16. The second kappa shape index (κ2) is 4.80. The zero-order chi connectivity index (χ0) is 10.6. The number of esters is 1. The summed E-state index contributed by atoms with van der Waals surface area (Å²) in [7, 11) is 0. The van der Waals surface area contributed by atoms with Gasteiger partial charge in [-0.2, -0.15) is 0 Å². The predicted molar refractivity (Wildman–Crippen MR) is 54.9 cm³/mol. The lowest BCUT2D eigenvalue weighted by atomic mass is 10.0. The van der Waals surface area contributed by atoms with Crippen LogP contribution in [-0.2, 0) is 9.53 Å². The normalized spacial score (nSPS) is 15.3. The van der Waals surface area contributed by atoms with Crippen molar-refractivity contribution in [3.05, 3.63) is 29.0 Å². The topological polar surface area (TPSA) is 38.3 Å². The van der Waals surface area contributed by atoms with Gasteiger partial charge in [-0.15, -0.1) is 5.73 Å². The summed E-state index contributed by atoms with van der Waals surface area (Å²) in [6.45, 7) is 9.19. The lowest BCUT2D eigenvalue weighted by Gasteiger charge is -2.05. The SMILES string of the molecule is C=C=C(C(=O)OCC)C1=C(C)CNC1. The molecule has 3 heteroatoms. The average molecular weight is 193 g/mol. The fourth-order valence-electron chi connectivity index (χ4n) is 1.44. The monoisotopic (exact) mass is 193 g/mol. The molecule has 1 aliphatic heterocycles. The summed E-state index contributed by atoms with van der Waals surface area (Å²) in [4.78, 5) is 11.5. The van der Waals surface area contributed by atoms with Crippen molar-refractivity contribution >= 4 is 5.97 Å². The summed E-state index contributed by atoms with van der Waals surface area (Å²) in [5.41, 5.74) is 5.25. The highest BCUT2D eigenvalue weighted by Crippen LogP contribution is 2.18. The molecule has 0 atom stereocenters. The van der Waals surface area contributed by atoms with E-state index in [2.05, 4.69) is 17.6 Å². The minimum absolute atomic E-state index is 0.333. The van der Waals surface area contributed by atoms with Crippen LogP contribution in [0.25, 0.3) is 0 Å². The molecule has 1 N–H and O–H groups in total. The van der Waals surface area contributed by atoms with E-state index in [1.54, 1.807) is 6.92 Å². The van der Waals surface area contributed by atoms with Gasteiger partial charge in [0.05, 0.1) is 6.61 Å². The molecule has 3 nitrogen and oxygen atoms in total. The number of carbonyl (C=O) groups is 1. The Kier molecular flexibility index (Phi) is 3.69. The molecule has 1 heterocycles. The van der Waals surface area contributed by atoms with Gasteiger partial charge in [0.25, 0.3) is 0 Å². The van der Waals surface area contributed by atoms with E-state index in [0.717, 1.165) is 17.7 Å². The Labute approximate surface area is 84.1 Å². The highest BCUT2D eigenvalue weighted by atomic mass is 16.5. The van der Waals surface area contributed by atoms with Crippen LogP contribution in [0.1, 0.15) is 13.8 Å². The molecule has 0 aliphatic carbocycles. The molecule has 0 saturated carbocycles. The highest BCUT2D eigenvalue weighted by Gasteiger charge is 2.20. The second-order valence-electron chi connectivity index (χ2n) is 3.13. The Morgan fingerprint density at radius 3 is 2.79 bits per heavy atom. The van der Waals surface area contributed by atoms with Crippen molar-refractivity contribution < 1.29 is 9.53 Å². The van der Waals surface area contributed by atoms with Crippen LogP contribution >= 0.6 is 0 Å². The first kappa shape index (κ1) is 10.8. The zero-order valence-electron chi connectivity index (χ0n) is 8.64. The molecule has 0 aromatic heterocycles. The van der Waals surface area contributed by atoms with Gasteiger partial charge in [0.15, 0.2) is 0 Å². The van der Waals surface area contributed by atoms with Crippen LogP contribution in [0, 0.1) is 0 Å². The molecule has 0 saturated heterocycles. The Hall–Kier alpha value is -1.31. The average Bonchev–Trinajstić information content (AvgIpc) is 2.54. The Balaban J connectivity index is 2.88. The predicted octanol–water partition coefficient (Wildman–Crippen LogP) is 1.18. The summed E-state index contributed by atoms with van der Waals surface area (Å²) < 4.78 is 4.92. The number of hydrogen-bond acceptors (Lipinski definition) is 3. The van der Waals surface area contributed by atoms with Crippen LogP contribution in [0.15, 0.2) is 29.0 Å². The van der Waals surface area contributed by atoms with Gasteiger partial charge in [0, 0.05) is 13.1 Å². The Bertz CT molecular complexity index is 322. The van der Waals surface area contributed by atoms with Crippen LogP contribution in [0.5, 0.6) is 0 Å². The number of nitrogens with one attached hydrogen (secondary N) is 1. The van der Waals surface area contributed by atoms with Crippen LogP contribution in [0.2, 0.25) is 0 Å². The number of rotatable bonds is 3. The first-order valence-electron chi connectivity index (χ1n) is 4.67. The maximum atomic E-state index is 11.5. The molecule has 0 unspecified atom stereocenters. The highest BCUT2D eigenvalue weighted by molar-refractivity contribution is 5.93. The third kappa shape index (κ3) is 2.13. The van der Waals surface area contributed by atoms with Crippen molar-refractivity contribution in [2.24, 2.45) is 0 Å². The number of ether oxygens (including phenoxy) is 1. The summed E-state index contributed by atoms with van der Waals surface area (Å²) >= 11 is 0. The third-order valence-corrected chi connectivity index (χ3v) is 2.17. The quantitative estimate of drug-likeness (QED) is 0.415. The van der Waals surface area contributed by atoms with E-state index in [-0.39, 0.29) is 5.97 Å². The summed E-state index contributed by atoms with van der Waals surface area (Å²) in [6, 6.07) is 0. The molecule has 0 bridgehead atoms. The fourth-order valence-corrected chi connectivity index (χ4v) is 1.44. The zero-order valence-corrected chi connectivity index (χ0v) is 8.64. The first-order valence-corrected chi connectivity index (χ1v) is 4.67. The molecule has 0 spiro atoms. The van der Waals surface area contributed by atoms with Gasteiger partial charge in [-0.1, -0.05) is 12.2 Å². The van der Waals surface area contributed by atoms with E-state index < -0.39 is 0 Å². The second-order valence-corrected chi connectivity index (χ2v) is 3.13. The maximum absolute atomic E-state index is 11.5. The van der Waals surface area contributed by atoms with Crippen molar-refractivity contribution in [2.45, 2.75) is 13.8 Å². The van der Waals surface area contributed by atoms with E-state index in [1.165, 1.54) is 0 Å². The van der Waals surface area contributed by atoms with Crippen molar-refractivity contribution in [3.8, 4) is 0 Å². The van der Waals surface area contributed by atoms with E-state index >= 15 is 0 Å². The van der Waals surface area contributed by atoms with Crippen molar-refractivity contribution in [1.82, 2.24) is 5.32 Å². The Morgan fingerprint density at radius 2 is 2.36 bits per heavy atom. The molecular weight excluding hydrogens is 178 g/mol. The molecule has 0 amide bonds. The summed E-state index contributed by atoms with van der Waals surface area (Å²) in [5.74, 6) is -0.333. The van der Waals surface area contributed by atoms with Gasteiger partial charge in [-0.25, -0.2) is 4.79 Å². The van der Waals surface area contributed by atoms with E-state index in [4.69, 9.17) is 4.74 Å². The van der Waals surface area contributed by atoms with E-state index in [0.29, 0.717) is 18.7 Å². The molecule has 76 valence electrons.